The van der Waals surface area contributed by atoms with Gasteiger partial charge in [-0.3, -0.25) is 4.79 Å². The Morgan fingerprint density at radius 3 is 2.48 bits per heavy atom. The summed E-state index contributed by atoms with van der Waals surface area (Å²) in [4.78, 5) is 27.6. The number of morpholine rings is 1. The number of hydrogen-bond donors (Lipinski definition) is 0. The van der Waals surface area contributed by atoms with E-state index in [0.717, 1.165) is 0 Å². The van der Waals surface area contributed by atoms with E-state index in [4.69, 9.17) is 30.5 Å². The summed E-state index contributed by atoms with van der Waals surface area (Å²) >= 11 is 6.23. The van der Waals surface area contributed by atoms with E-state index >= 15 is 0 Å². The molecule has 0 saturated carbocycles. The third kappa shape index (κ3) is 4.31. The van der Waals surface area contributed by atoms with E-state index in [9.17, 15) is 9.59 Å². The van der Waals surface area contributed by atoms with Crippen LogP contribution in [0.15, 0.2) is 42.5 Å². The van der Waals surface area contributed by atoms with Crippen LogP contribution in [0.2, 0.25) is 5.02 Å². The zero-order valence-electron chi connectivity index (χ0n) is 15.6. The Balaban J connectivity index is 1.59. The summed E-state index contributed by atoms with van der Waals surface area (Å²) in [6.07, 6.45) is -1.06. The van der Waals surface area contributed by atoms with Gasteiger partial charge in [-0.2, -0.15) is 0 Å². The monoisotopic (exact) mass is 417 g/mol. The summed E-state index contributed by atoms with van der Waals surface area (Å²) in [6.45, 7) is 2.58. The summed E-state index contributed by atoms with van der Waals surface area (Å²) < 4.78 is 22.0. The van der Waals surface area contributed by atoms with Crippen molar-refractivity contribution in [3.05, 3.63) is 58.6 Å². The predicted octanol–water partition coefficient (Wildman–Crippen LogP) is 2.87. The van der Waals surface area contributed by atoms with Crippen molar-refractivity contribution in [2.75, 3.05) is 39.5 Å². The van der Waals surface area contributed by atoms with Gasteiger partial charge in [0.15, 0.2) is 11.5 Å². The summed E-state index contributed by atoms with van der Waals surface area (Å²) in [5, 5.41) is 0.255. The summed E-state index contributed by atoms with van der Waals surface area (Å²) in [6, 6.07) is 11.9. The van der Waals surface area contributed by atoms with E-state index in [0.29, 0.717) is 56.6 Å². The SMILES string of the molecule is O=C(O[C@@H](C(=O)N1CCOCC1)c1ccccc1)c1cc(Cl)c2c(c1)OCCO2. The lowest BCUT2D eigenvalue weighted by atomic mass is 10.1. The van der Waals surface area contributed by atoms with Crippen molar-refractivity contribution in [2.24, 2.45) is 0 Å². The Labute approximate surface area is 173 Å². The van der Waals surface area contributed by atoms with Crippen LogP contribution in [-0.4, -0.2) is 56.3 Å². The van der Waals surface area contributed by atoms with Crippen LogP contribution >= 0.6 is 11.6 Å². The minimum atomic E-state index is -1.06. The number of hydrogen-bond acceptors (Lipinski definition) is 6. The molecule has 1 amide bonds. The molecule has 2 aromatic carbocycles. The van der Waals surface area contributed by atoms with Gasteiger partial charge in [-0.1, -0.05) is 41.9 Å². The number of ether oxygens (including phenoxy) is 4. The van der Waals surface area contributed by atoms with Gasteiger partial charge in [0.1, 0.15) is 13.2 Å². The van der Waals surface area contributed by atoms with Crippen LogP contribution < -0.4 is 9.47 Å². The smallest absolute Gasteiger partial charge is 0.339 e. The molecule has 0 aromatic heterocycles. The molecule has 1 fully saturated rings. The molecule has 0 radical (unpaired) electrons. The molecule has 2 aliphatic heterocycles. The van der Waals surface area contributed by atoms with Crippen molar-refractivity contribution in [1.29, 1.82) is 0 Å². The first-order valence-electron chi connectivity index (χ1n) is 9.35. The molecular weight excluding hydrogens is 398 g/mol. The number of fused-ring (bicyclic) bond motifs is 1. The average Bonchev–Trinajstić information content (AvgIpc) is 2.78. The first kappa shape index (κ1) is 19.5. The molecule has 2 heterocycles. The van der Waals surface area contributed by atoms with Crippen LogP contribution in [0.25, 0.3) is 0 Å². The van der Waals surface area contributed by atoms with Crippen LogP contribution in [0.4, 0.5) is 0 Å². The molecule has 0 N–H and O–H groups in total. The minimum Gasteiger partial charge on any atom is -0.486 e. The second kappa shape index (κ2) is 8.71. The van der Waals surface area contributed by atoms with Gasteiger partial charge in [-0.15, -0.1) is 0 Å². The molecule has 7 nitrogen and oxygen atoms in total. The fourth-order valence-electron chi connectivity index (χ4n) is 3.24. The minimum absolute atomic E-state index is 0.190. The third-order valence-electron chi connectivity index (χ3n) is 4.71. The molecule has 2 aliphatic rings. The number of halogens is 1. The lowest BCUT2D eigenvalue weighted by Crippen LogP contribution is -2.44. The molecule has 0 spiro atoms. The number of amides is 1. The Morgan fingerprint density at radius 1 is 1.00 bits per heavy atom. The van der Waals surface area contributed by atoms with E-state index in [1.165, 1.54) is 12.1 Å². The topological polar surface area (TPSA) is 74.3 Å². The highest BCUT2D eigenvalue weighted by atomic mass is 35.5. The maximum absolute atomic E-state index is 13.1. The summed E-state index contributed by atoms with van der Waals surface area (Å²) in [5.41, 5.74) is 0.788. The second-order valence-electron chi connectivity index (χ2n) is 6.62. The van der Waals surface area contributed by atoms with E-state index in [1.54, 1.807) is 29.2 Å². The number of carbonyl (C=O) groups is 2. The van der Waals surface area contributed by atoms with E-state index in [1.807, 2.05) is 6.07 Å². The molecule has 152 valence electrons. The zero-order valence-corrected chi connectivity index (χ0v) is 16.4. The first-order valence-corrected chi connectivity index (χ1v) is 9.73. The number of rotatable bonds is 4. The molecule has 0 bridgehead atoms. The number of nitrogens with zero attached hydrogens (tertiary/aromatic N) is 1. The highest BCUT2D eigenvalue weighted by Gasteiger charge is 2.31. The van der Waals surface area contributed by atoms with Gasteiger partial charge in [0.25, 0.3) is 5.91 Å². The van der Waals surface area contributed by atoms with Crippen molar-refractivity contribution >= 4 is 23.5 Å². The van der Waals surface area contributed by atoms with E-state index < -0.39 is 12.1 Å². The highest BCUT2D eigenvalue weighted by molar-refractivity contribution is 6.32. The second-order valence-corrected chi connectivity index (χ2v) is 7.02. The molecule has 29 heavy (non-hydrogen) atoms. The van der Waals surface area contributed by atoms with Crippen molar-refractivity contribution in [2.45, 2.75) is 6.10 Å². The Morgan fingerprint density at radius 2 is 1.72 bits per heavy atom. The molecule has 4 rings (SSSR count). The Bertz CT molecular complexity index is 898. The molecule has 0 unspecified atom stereocenters. The number of esters is 1. The van der Waals surface area contributed by atoms with Crippen LogP contribution in [0.1, 0.15) is 22.0 Å². The molecule has 2 aromatic rings. The Hall–Kier alpha value is -2.77. The van der Waals surface area contributed by atoms with Crippen LogP contribution in [-0.2, 0) is 14.3 Å². The van der Waals surface area contributed by atoms with Crippen molar-refractivity contribution < 1.29 is 28.5 Å². The van der Waals surface area contributed by atoms with Gasteiger partial charge >= 0.3 is 5.97 Å². The summed E-state index contributed by atoms with van der Waals surface area (Å²) in [5.74, 6) is -0.166. The van der Waals surface area contributed by atoms with Gasteiger partial charge < -0.3 is 23.8 Å². The van der Waals surface area contributed by atoms with Crippen molar-refractivity contribution in [1.82, 2.24) is 4.90 Å². The maximum Gasteiger partial charge on any atom is 0.339 e. The van der Waals surface area contributed by atoms with Crippen LogP contribution in [0.5, 0.6) is 11.5 Å². The van der Waals surface area contributed by atoms with E-state index in [2.05, 4.69) is 0 Å². The van der Waals surface area contributed by atoms with Gasteiger partial charge in [-0.25, -0.2) is 4.79 Å². The highest BCUT2D eigenvalue weighted by Crippen LogP contribution is 2.38. The molecule has 8 heteroatoms. The normalized spacial score (nSPS) is 16.8. The summed E-state index contributed by atoms with van der Waals surface area (Å²) in [7, 11) is 0. The zero-order chi connectivity index (χ0) is 20.2. The molecule has 1 atom stereocenters. The fraction of sp³-hybridized carbons (Fsp3) is 0.333. The van der Waals surface area contributed by atoms with Gasteiger partial charge in [0.2, 0.25) is 6.10 Å². The Kier molecular flexibility index (Phi) is 5.87. The lowest BCUT2D eigenvalue weighted by molar-refractivity contribution is -0.145. The lowest BCUT2D eigenvalue weighted by Gasteiger charge is -2.30. The number of carbonyl (C=O) groups excluding carboxylic acids is 2. The predicted molar refractivity (Wildman–Crippen MR) is 104 cm³/mol. The molecule has 1 saturated heterocycles. The van der Waals surface area contributed by atoms with E-state index in [-0.39, 0.29) is 16.5 Å². The maximum atomic E-state index is 13.1. The molecule has 0 aliphatic carbocycles. The fourth-order valence-corrected chi connectivity index (χ4v) is 3.51. The molecular formula is C21H20ClNO6. The van der Waals surface area contributed by atoms with Crippen LogP contribution in [0, 0.1) is 0 Å². The van der Waals surface area contributed by atoms with Gasteiger partial charge in [-0.05, 0) is 12.1 Å². The first-order chi connectivity index (χ1) is 14.1. The standard InChI is InChI=1S/C21H20ClNO6/c22-16-12-15(13-17-19(16)28-11-10-27-17)21(25)29-18(14-4-2-1-3-5-14)20(24)23-6-8-26-9-7-23/h1-5,12-13,18H,6-11H2/t18-/m1/s1. The van der Waals surface area contributed by atoms with Crippen molar-refractivity contribution in [3.63, 3.8) is 0 Å². The average molecular weight is 418 g/mol. The quantitative estimate of drug-likeness (QED) is 0.712. The number of benzene rings is 2. The third-order valence-corrected chi connectivity index (χ3v) is 4.99. The van der Waals surface area contributed by atoms with Crippen molar-refractivity contribution in [3.8, 4) is 11.5 Å². The van der Waals surface area contributed by atoms with Gasteiger partial charge in [0, 0.05) is 18.7 Å². The van der Waals surface area contributed by atoms with Gasteiger partial charge in [0.05, 0.1) is 23.8 Å². The van der Waals surface area contributed by atoms with Crippen LogP contribution in [0.3, 0.4) is 0 Å². The largest absolute Gasteiger partial charge is 0.486 e.